The summed E-state index contributed by atoms with van der Waals surface area (Å²) in [6, 6.07) is 18.2. The molecule has 3 rings (SSSR count). The van der Waals surface area contributed by atoms with Crippen LogP contribution in [-0.2, 0) is 4.79 Å². The molecule has 0 heterocycles. The molecule has 0 spiro atoms. The molecule has 3 nitrogen and oxygen atoms in total. The molecule has 1 aliphatic carbocycles. The highest BCUT2D eigenvalue weighted by molar-refractivity contribution is 7.82. The van der Waals surface area contributed by atoms with Crippen LogP contribution in [0.2, 0.25) is 0 Å². The first kappa shape index (κ1) is 14.7. The van der Waals surface area contributed by atoms with E-state index in [1.54, 1.807) is 0 Å². The van der Waals surface area contributed by atoms with E-state index in [2.05, 4.69) is 10.6 Å². The van der Waals surface area contributed by atoms with E-state index < -0.39 is 0 Å². The summed E-state index contributed by atoms with van der Waals surface area (Å²) in [5.41, 5.74) is 2.94. The van der Waals surface area contributed by atoms with Gasteiger partial charge >= 0.3 is 0 Å². The fraction of sp³-hybridized carbons (Fsp3) is 0.222. The van der Waals surface area contributed by atoms with Crippen molar-refractivity contribution in [3.63, 3.8) is 0 Å². The first-order valence-electron chi connectivity index (χ1n) is 7.50. The Morgan fingerprint density at radius 3 is 2.41 bits per heavy atom. The van der Waals surface area contributed by atoms with E-state index in [4.69, 9.17) is 12.2 Å². The van der Waals surface area contributed by atoms with Gasteiger partial charge in [0.05, 0.1) is 0 Å². The monoisotopic (exact) mass is 310 g/mol. The molecule has 0 radical (unpaired) electrons. The van der Waals surface area contributed by atoms with Crippen LogP contribution < -0.4 is 10.6 Å². The van der Waals surface area contributed by atoms with Crippen LogP contribution in [0, 0.1) is 0 Å². The Balaban J connectivity index is 1.67. The molecule has 2 aromatic carbocycles. The summed E-state index contributed by atoms with van der Waals surface area (Å²) in [7, 11) is 0. The van der Waals surface area contributed by atoms with Gasteiger partial charge in [0.25, 0.3) is 5.91 Å². The van der Waals surface area contributed by atoms with Crippen molar-refractivity contribution >= 4 is 28.8 Å². The van der Waals surface area contributed by atoms with Crippen molar-refractivity contribution in [1.29, 1.82) is 0 Å². The number of hydrogen-bond donors (Lipinski definition) is 2. The lowest BCUT2D eigenvalue weighted by Gasteiger charge is -2.27. The molecule has 0 bridgehead atoms. The smallest absolute Gasteiger partial charge is 0.283 e. The maximum atomic E-state index is 12.1. The van der Waals surface area contributed by atoms with Gasteiger partial charge in [-0.05, 0) is 42.5 Å². The van der Waals surface area contributed by atoms with E-state index in [9.17, 15) is 4.79 Å². The molecule has 22 heavy (non-hydrogen) atoms. The minimum absolute atomic E-state index is 0.243. The van der Waals surface area contributed by atoms with Crippen LogP contribution in [0.1, 0.15) is 19.3 Å². The van der Waals surface area contributed by atoms with E-state index >= 15 is 0 Å². The standard InChI is InChI=1S/C18H18N2OS/c21-17(18(22)20-15-9-5-10-15)19-16-11-4-8-14(12-16)13-6-2-1-3-7-13/h1-4,6-8,11-12,15H,5,9-10H2,(H,19,21)(H,20,22). The summed E-state index contributed by atoms with van der Waals surface area (Å²) in [6.07, 6.45) is 3.40. The number of hydrogen-bond acceptors (Lipinski definition) is 2. The topological polar surface area (TPSA) is 41.1 Å². The molecule has 0 unspecified atom stereocenters. The normalized spacial score (nSPS) is 14.0. The molecule has 2 N–H and O–H groups in total. The maximum Gasteiger partial charge on any atom is 0.283 e. The minimum Gasteiger partial charge on any atom is -0.369 e. The van der Waals surface area contributed by atoms with Crippen molar-refractivity contribution in [2.75, 3.05) is 5.32 Å². The Morgan fingerprint density at radius 2 is 1.73 bits per heavy atom. The van der Waals surface area contributed by atoms with Gasteiger partial charge in [-0.2, -0.15) is 0 Å². The van der Waals surface area contributed by atoms with Crippen LogP contribution in [0.4, 0.5) is 5.69 Å². The molecule has 2 aromatic rings. The lowest BCUT2D eigenvalue weighted by atomic mass is 9.93. The van der Waals surface area contributed by atoms with Gasteiger partial charge in [-0.25, -0.2) is 0 Å². The molecule has 0 saturated heterocycles. The SMILES string of the molecule is O=C(Nc1cccc(-c2ccccc2)c1)C(=S)NC1CCC1. The van der Waals surface area contributed by atoms with Gasteiger partial charge in [0, 0.05) is 11.7 Å². The Bertz CT molecular complexity index is 680. The minimum atomic E-state index is -0.243. The molecule has 0 aliphatic heterocycles. The fourth-order valence-corrected chi connectivity index (χ4v) is 2.62. The molecule has 1 fully saturated rings. The number of rotatable bonds is 3. The Labute approximate surface area is 135 Å². The zero-order chi connectivity index (χ0) is 15.4. The van der Waals surface area contributed by atoms with Gasteiger partial charge in [0.15, 0.2) is 4.99 Å². The number of anilines is 1. The number of carbonyl (C=O) groups is 1. The second-order valence-electron chi connectivity index (χ2n) is 5.50. The predicted octanol–water partition coefficient (Wildman–Crippen LogP) is 3.76. The van der Waals surface area contributed by atoms with E-state index in [1.807, 2.05) is 54.6 Å². The number of benzene rings is 2. The molecular formula is C18H18N2OS. The third-order valence-corrected chi connectivity index (χ3v) is 4.18. The van der Waals surface area contributed by atoms with Crippen LogP contribution in [0.25, 0.3) is 11.1 Å². The Morgan fingerprint density at radius 1 is 1.00 bits per heavy atom. The van der Waals surface area contributed by atoms with Crippen LogP contribution in [0.5, 0.6) is 0 Å². The quantitative estimate of drug-likeness (QED) is 0.848. The zero-order valence-corrected chi connectivity index (χ0v) is 13.0. The second kappa shape index (κ2) is 6.71. The average Bonchev–Trinajstić information content (AvgIpc) is 2.52. The molecule has 4 heteroatoms. The fourth-order valence-electron chi connectivity index (χ4n) is 2.40. The van der Waals surface area contributed by atoms with Gasteiger partial charge in [-0.15, -0.1) is 0 Å². The summed E-state index contributed by atoms with van der Waals surface area (Å²) >= 11 is 5.16. The van der Waals surface area contributed by atoms with Crippen molar-refractivity contribution in [1.82, 2.24) is 5.32 Å². The van der Waals surface area contributed by atoms with E-state index in [0.717, 1.165) is 29.7 Å². The predicted molar refractivity (Wildman–Crippen MR) is 93.9 cm³/mol. The van der Waals surface area contributed by atoms with Gasteiger partial charge in [0.2, 0.25) is 0 Å². The van der Waals surface area contributed by atoms with Crippen molar-refractivity contribution < 1.29 is 4.79 Å². The third kappa shape index (κ3) is 3.52. The molecule has 1 aliphatic rings. The molecule has 112 valence electrons. The first-order chi connectivity index (χ1) is 10.7. The molecular weight excluding hydrogens is 292 g/mol. The maximum absolute atomic E-state index is 12.1. The van der Waals surface area contributed by atoms with E-state index in [-0.39, 0.29) is 10.9 Å². The summed E-state index contributed by atoms with van der Waals surface area (Å²) in [5.74, 6) is -0.243. The summed E-state index contributed by atoms with van der Waals surface area (Å²) in [4.78, 5) is 12.4. The largest absolute Gasteiger partial charge is 0.369 e. The van der Waals surface area contributed by atoms with Crippen molar-refractivity contribution in [3.8, 4) is 11.1 Å². The van der Waals surface area contributed by atoms with Crippen molar-refractivity contribution in [2.45, 2.75) is 25.3 Å². The van der Waals surface area contributed by atoms with Crippen molar-refractivity contribution in [3.05, 3.63) is 54.6 Å². The first-order valence-corrected chi connectivity index (χ1v) is 7.90. The van der Waals surface area contributed by atoms with Gasteiger partial charge in [0.1, 0.15) is 0 Å². The number of thiocarbonyl (C=S) groups is 1. The van der Waals surface area contributed by atoms with Crippen molar-refractivity contribution in [2.24, 2.45) is 0 Å². The second-order valence-corrected chi connectivity index (χ2v) is 5.91. The zero-order valence-electron chi connectivity index (χ0n) is 12.2. The summed E-state index contributed by atoms with van der Waals surface area (Å²) in [5, 5.41) is 5.96. The Hall–Kier alpha value is -2.20. The summed E-state index contributed by atoms with van der Waals surface area (Å²) in [6.45, 7) is 0. The third-order valence-electron chi connectivity index (χ3n) is 3.87. The highest BCUT2D eigenvalue weighted by Gasteiger charge is 2.20. The van der Waals surface area contributed by atoms with Crippen LogP contribution in [-0.4, -0.2) is 16.9 Å². The van der Waals surface area contributed by atoms with Gasteiger partial charge in [-0.3, -0.25) is 4.79 Å². The highest BCUT2D eigenvalue weighted by atomic mass is 32.1. The lowest BCUT2D eigenvalue weighted by Crippen LogP contribution is -2.43. The molecule has 0 aromatic heterocycles. The van der Waals surface area contributed by atoms with Crippen LogP contribution >= 0.6 is 12.2 Å². The van der Waals surface area contributed by atoms with E-state index in [0.29, 0.717) is 6.04 Å². The van der Waals surface area contributed by atoms with E-state index in [1.165, 1.54) is 6.42 Å². The lowest BCUT2D eigenvalue weighted by molar-refractivity contribution is -0.110. The van der Waals surface area contributed by atoms with Crippen LogP contribution in [0.15, 0.2) is 54.6 Å². The van der Waals surface area contributed by atoms with Crippen LogP contribution in [0.3, 0.4) is 0 Å². The van der Waals surface area contributed by atoms with Gasteiger partial charge in [-0.1, -0.05) is 54.7 Å². The highest BCUT2D eigenvalue weighted by Crippen LogP contribution is 2.22. The number of amides is 1. The Kier molecular flexibility index (Phi) is 4.49. The molecule has 1 amide bonds. The summed E-state index contributed by atoms with van der Waals surface area (Å²) < 4.78 is 0. The number of nitrogens with one attached hydrogen (secondary N) is 2. The number of carbonyl (C=O) groups excluding carboxylic acids is 1. The molecule has 1 saturated carbocycles. The van der Waals surface area contributed by atoms with Gasteiger partial charge < -0.3 is 10.6 Å². The average molecular weight is 310 g/mol. The molecule has 0 atom stereocenters.